The molecule has 30 heavy (non-hydrogen) atoms. The number of rotatable bonds is 4. The summed E-state index contributed by atoms with van der Waals surface area (Å²) >= 11 is 6.21. The van der Waals surface area contributed by atoms with Gasteiger partial charge in [-0.2, -0.15) is 5.26 Å². The summed E-state index contributed by atoms with van der Waals surface area (Å²) in [5, 5.41) is 9.87. The van der Waals surface area contributed by atoms with Crippen LogP contribution in [0.5, 0.6) is 0 Å². The van der Waals surface area contributed by atoms with Crippen LogP contribution in [-0.2, 0) is 5.41 Å². The first kappa shape index (κ1) is 22.4. The summed E-state index contributed by atoms with van der Waals surface area (Å²) in [7, 11) is 0. The Hall–Kier alpha value is -2.26. The van der Waals surface area contributed by atoms with Gasteiger partial charge in [0.1, 0.15) is 0 Å². The van der Waals surface area contributed by atoms with Crippen molar-refractivity contribution < 1.29 is 4.79 Å². The minimum Gasteiger partial charge on any atom is -0.330 e. The molecular weight excluding hydrogens is 419 g/mol. The molecule has 0 aromatic heterocycles. The molecule has 4 rings (SSSR count). The first-order valence-electron chi connectivity index (χ1n) is 10.1. The molecule has 0 bridgehead atoms. The van der Waals surface area contributed by atoms with Crippen LogP contribution in [-0.4, -0.2) is 36.6 Å². The van der Waals surface area contributed by atoms with E-state index in [1.165, 1.54) is 5.56 Å². The number of anilines is 1. The van der Waals surface area contributed by atoms with E-state index in [4.69, 9.17) is 22.6 Å². The molecule has 5 nitrogen and oxygen atoms in total. The molecule has 7 heteroatoms. The quantitative estimate of drug-likeness (QED) is 0.741. The van der Waals surface area contributed by atoms with E-state index in [0.29, 0.717) is 25.2 Å². The van der Waals surface area contributed by atoms with Crippen molar-refractivity contribution in [2.75, 3.05) is 24.5 Å². The number of hydrogen-bond acceptors (Lipinski definition) is 3. The fourth-order valence-electron chi connectivity index (χ4n) is 4.77. The minimum absolute atomic E-state index is 0. The first-order chi connectivity index (χ1) is 14.1. The van der Waals surface area contributed by atoms with Gasteiger partial charge in [0.25, 0.3) is 0 Å². The first-order valence-corrected chi connectivity index (χ1v) is 10.5. The molecule has 2 aromatic carbocycles. The molecule has 1 heterocycles. The molecule has 0 spiro atoms. The van der Waals surface area contributed by atoms with Crippen molar-refractivity contribution in [1.29, 1.82) is 5.26 Å². The maximum atomic E-state index is 13.1. The number of halogens is 2. The zero-order chi connectivity index (χ0) is 20.4. The number of nitrogens with zero attached hydrogens (tertiary/aromatic N) is 3. The summed E-state index contributed by atoms with van der Waals surface area (Å²) < 4.78 is 0. The number of nitriles is 1. The maximum Gasteiger partial charge on any atom is 0.324 e. The van der Waals surface area contributed by atoms with Gasteiger partial charge in [-0.05, 0) is 61.6 Å². The lowest BCUT2D eigenvalue weighted by atomic mass is 9.68. The molecule has 2 N–H and O–H groups in total. The monoisotopic (exact) mass is 444 g/mol. The normalized spacial score (nSPS) is 23.8. The van der Waals surface area contributed by atoms with Crippen LogP contribution in [0.15, 0.2) is 48.5 Å². The van der Waals surface area contributed by atoms with E-state index in [9.17, 15) is 4.79 Å². The van der Waals surface area contributed by atoms with Crippen LogP contribution in [0.3, 0.4) is 0 Å². The molecule has 158 valence electrons. The lowest BCUT2D eigenvalue weighted by molar-refractivity contribution is 0.156. The zero-order valence-electron chi connectivity index (χ0n) is 16.8. The Morgan fingerprint density at radius 2 is 1.87 bits per heavy atom. The molecule has 2 aromatic rings. The second kappa shape index (κ2) is 9.26. The summed E-state index contributed by atoms with van der Waals surface area (Å²) in [6.07, 6.45) is 3.76. The minimum atomic E-state index is -0.0645. The molecule has 2 aliphatic rings. The number of urea groups is 1. The van der Waals surface area contributed by atoms with Gasteiger partial charge in [-0.1, -0.05) is 29.8 Å². The van der Waals surface area contributed by atoms with Crippen LogP contribution in [0, 0.1) is 11.3 Å². The van der Waals surface area contributed by atoms with Crippen molar-refractivity contribution in [3.63, 3.8) is 0 Å². The topological polar surface area (TPSA) is 73.4 Å². The van der Waals surface area contributed by atoms with Crippen molar-refractivity contribution in [1.82, 2.24) is 4.90 Å². The predicted octanol–water partition coefficient (Wildman–Crippen LogP) is 4.71. The third kappa shape index (κ3) is 4.13. The summed E-state index contributed by atoms with van der Waals surface area (Å²) in [5.74, 6) is 0. The van der Waals surface area contributed by atoms with E-state index in [2.05, 4.69) is 12.1 Å². The number of carbonyl (C=O) groups is 1. The molecule has 2 fully saturated rings. The van der Waals surface area contributed by atoms with Crippen molar-refractivity contribution in [3.8, 4) is 6.07 Å². The van der Waals surface area contributed by atoms with Crippen LogP contribution in [0.25, 0.3) is 0 Å². The van der Waals surface area contributed by atoms with E-state index in [0.717, 1.165) is 36.4 Å². The van der Waals surface area contributed by atoms with Gasteiger partial charge >= 0.3 is 6.03 Å². The highest BCUT2D eigenvalue weighted by Crippen LogP contribution is 2.41. The molecule has 1 saturated heterocycles. The van der Waals surface area contributed by atoms with Crippen LogP contribution >= 0.6 is 24.0 Å². The summed E-state index contributed by atoms with van der Waals surface area (Å²) in [4.78, 5) is 16.9. The average molecular weight is 445 g/mol. The Morgan fingerprint density at radius 1 is 1.13 bits per heavy atom. The highest BCUT2D eigenvalue weighted by Gasteiger charge is 2.41. The Bertz CT molecular complexity index is 950. The Morgan fingerprint density at radius 3 is 2.53 bits per heavy atom. The molecule has 1 saturated carbocycles. The highest BCUT2D eigenvalue weighted by molar-refractivity contribution is 6.30. The Balaban J connectivity index is 0.00000256. The molecule has 0 atom stereocenters. The summed E-state index contributed by atoms with van der Waals surface area (Å²) in [6.45, 7) is 1.95. The average Bonchev–Trinajstić information content (AvgIpc) is 3.15. The van der Waals surface area contributed by atoms with Crippen LogP contribution in [0.4, 0.5) is 10.5 Å². The highest BCUT2D eigenvalue weighted by atomic mass is 35.5. The van der Waals surface area contributed by atoms with E-state index in [1.54, 1.807) is 17.0 Å². The van der Waals surface area contributed by atoms with E-state index in [-0.39, 0.29) is 29.9 Å². The van der Waals surface area contributed by atoms with Crippen LogP contribution < -0.4 is 10.6 Å². The van der Waals surface area contributed by atoms with Gasteiger partial charge in [-0.15, -0.1) is 12.4 Å². The fourth-order valence-corrected chi connectivity index (χ4v) is 4.96. The summed E-state index contributed by atoms with van der Waals surface area (Å²) in [5.41, 5.74) is 8.72. The van der Waals surface area contributed by atoms with Crippen LogP contribution in [0.1, 0.15) is 36.8 Å². The summed E-state index contributed by atoms with van der Waals surface area (Å²) in [6, 6.07) is 17.7. The van der Waals surface area contributed by atoms with Gasteiger partial charge < -0.3 is 10.6 Å². The molecule has 0 radical (unpaired) electrons. The lowest BCUT2D eigenvalue weighted by Gasteiger charge is -2.42. The van der Waals surface area contributed by atoms with Crippen LogP contribution in [0.2, 0.25) is 5.02 Å². The molecule has 1 aliphatic carbocycles. The molecule has 0 unspecified atom stereocenters. The van der Waals surface area contributed by atoms with E-state index < -0.39 is 0 Å². The number of carbonyl (C=O) groups excluding carboxylic acids is 1. The van der Waals surface area contributed by atoms with Gasteiger partial charge in [0.15, 0.2) is 0 Å². The predicted molar refractivity (Wildman–Crippen MR) is 122 cm³/mol. The standard InChI is InChI=1S/C23H25ClN4O.ClH/c24-19-5-2-4-18(14-19)23(16-26)9-7-20(8-10-23)27-11-12-28(22(27)29)21-6-1-3-17(13-21)15-25;/h1-6,13-14,20H,7-12,16,26H2;1H/t20-,23+;. The molecule has 2 amide bonds. The van der Waals surface area contributed by atoms with Gasteiger partial charge in [-0.3, -0.25) is 4.90 Å². The van der Waals surface area contributed by atoms with Gasteiger partial charge in [0, 0.05) is 41.8 Å². The SMILES string of the molecule is Cl.N#Cc1cccc(N2CCN([C@H]3CC[C@@](CN)(c4cccc(Cl)c4)CC3)C2=O)c1. The van der Waals surface area contributed by atoms with E-state index >= 15 is 0 Å². The Labute approximate surface area is 188 Å². The molecule has 1 aliphatic heterocycles. The smallest absolute Gasteiger partial charge is 0.324 e. The maximum absolute atomic E-state index is 13.1. The second-order valence-electron chi connectivity index (χ2n) is 8.02. The number of amides is 2. The van der Waals surface area contributed by atoms with Gasteiger partial charge in [0.05, 0.1) is 11.6 Å². The third-order valence-electron chi connectivity index (χ3n) is 6.51. The fraction of sp³-hybridized carbons (Fsp3) is 0.391. The van der Waals surface area contributed by atoms with Gasteiger partial charge in [-0.25, -0.2) is 4.79 Å². The number of nitrogens with two attached hydrogens (primary N) is 1. The van der Waals surface area contributed by atoms with Crippen molar-refractivity contribution in [2.45, 2.75) is 37.1 Å². The largest absolute Gasteiger partial charge is 0.330 e. The zero-order valence-corrected chi connectivity index (χ0v) is 18.3. The second-order valence-corrected chi connectivity index (χ2v) is 8.45. The number of hydrogen-bond donors (Lipinski definition) is 1. The lowest BCUT2D eigenvalue weighted by Crippen LogP contribution is -2.46. The van der Waals surface area contributed by atoms with E-state index in [1.807, 2.05) is 35.2 Å². The van der Waals surface area contributed by atoms with Crippen molar-refractivity contribution in [2.24, 2.45) is 5.73 Å². The van der Waals surface area contributed by atoms with Gasteiger partial charge in [0.2, 0.25) is 0 Å². The number of benzene rings is 2. The van der Waals surface area contributed by atoms with Crippen molar-refractivity contribution in [3.05, 3.63) is 64.7 Å². The molecular formula is C23H26Cl2N4O. The van der Waals surface area contributed by atoms with Crippen molar-refractivity contribution >= 4 is 35.7 Å². The Kier molecular flexibility index (Phi) is 6.92. The third-order valence-corrected chi connectivity index (χ3v) is 6.74.